The van der Waals surface area contributed by atoms with Gasteiger partial charge in [0.15, 0.2) is 0 Å². The second kappa shape index (κ2) is 7.86. The summed E-state index contributed by atoms with van der Waals surface area (Å²) < 4.78 is 27.4. The SMILES string of the molecule is Cc1ccccc1NC(=O)c1cccc(S(=O)(=O)N(C)c2ccccc2C)c1. The number of amides is 1. The van der Waals surface area contributed by atoms with Crippen LogP contribution in [-0.4, -0.2) is 21.4 Å². The summed E-state index contributed by atoms with van der Waals surface area (Å²) >= 11 is 0. The van der Waals surface area contributed by atoms with Crippen LogP contribution in [0.25, 0.3) is 0 Å². The van der Waals surface area contributed by atoms with Crippen molar-refractivity contribution in [2.75, 3.05) is 16.7 Å². The number of nitrogens with zero attached hydrogens (tertiary/aromatic N) is 1. The summed E-state index contributed by atoms with van der Waals surface area (Å²) in [5.41, 5.74) is 3.35. The largest absolute Gasteiger partial charge is 0.322 e. The molecule has 0 unspecified atom stereocenters. The van der Waals surface area contributed by atoms with Gasteiger partial charge in [-0.15, -0.1) is 0 Å². The molecule has 0 radical (unpaired) electrons. The molecular weight excluding hydrogens is 372 g/mol. The van der Waals surface area contributed by atoms with E-state index in [1.54, 1.807) is 30.3 Å². The van der Waals surface area contributed by atoms with Gasteiger partial charge in [0.25, 0.3) is 15.9 Å². The van der Waals surface area contributed by atoms with Gasteiger partial charge >= 0.3 is 0 Å². The standard InChI is InChI=1S/C22H22N2O3S/c1-16-9-4-6-13-20(16)23-22(25)18-11-8-12-19(15-18)28(26,27)24(3)21-14-7-5-10-17(21)2/h4-15H,1-3H3,(H,23,25). The summed E-state index contributed by atoms with van der Waals surface area (Å²) in [6.45, 7) is 3.75. The number of sulfonamides is 1. The van der Waals surface area contributed by atoms with Crippen molar-refractivity contribution in [2.24, 2.45) is 0 Å². The predicted octanol–water partition coefficient (Wildman–Crippen LogP) is 4.38. The number of benzene rings is 3. The van der Waals surface area contributed by atoms with Gasteiger partial charge < -0.3 is 5.32 Å². The molecule has 0 aliphatic rings. The van der Waals surface area contributed by atoms with E-state index in [9.17, 15) is 13.2 Å². The van der Waals surface area contributed by atoms with Gasteiger partial charge in [0.05, 0.1) is 10.6 Å². The second-order valence-corrected chi connectivity index (χ2v) is 8.53. The Morgan fingerprint density at radius 2 is 1.50 bits per heavy atom. The van der Waals surface area contributed by atoms with Crippen molar-refractivity contribution in [1.82, 2.24) is 0 Å². The van der Waals surface area contributed by atoms with E-state index in [1.807, 2.05) is 44.2 Å². The first-order valence-electron chi connectivity index (χ1n) is 8.82. The van der Waals surface area contributed by atoms with Gasteiger partial charge in [-0.25, -0.2) is 8.42 Å². The number of carbonyl (C=O) groups is 1. The molecule has 0 heterocycles. The zero-order valence-electron chi connectivity index (χ0n) is 16.0. The summed E-state index contributed by atoms with van der Waals surface area (Å²) in [5, 5.41) is 2.83. The first kappa shape index (κ1) is 19.6. The minimum atomic E-state index is -3.80. The average molecular weight is 394 g/mol. The third kappa shape index (κ3) is 3.92. The molecule has 0 aliphatic heterocycles. The molecule has 0 bridgehead atoms. The van der Waals surface area contributed by atoms with Crippen molar-refractivity contribution in [3.05, 3.63) is 89.5 Å². The van der Waals surface area contributed by atoms with Crippen molar-refractivity contribution >= 4 is 27.3 Å². The molecule has 28 heavy (non-hydrogen) atoms. The smallest absolute Gasteiger partial charge is 0.264 e. The number of para-hydroxylation sites is 2. The summed E-state index contributed by atoms with van der Waals surface area (Å²) in [6, 6.07) is 20.7. The highest BCUT2D eigenvalue weighted by atomic mass is 32.2. The van der Waals surface area contributed by atoms with E-state index in [-0.39, 0.29) is 16.4 Å². The number of hydrogen-bond donors (Lipinski definition) is 1. The number of carbonyl (C=O) groups excluding carboxylic acids is 1. The Morgan fingerprint density at radius 1 is 0.857 bits per heavy atom. The molecule has 1 N–H and O–H groups in total. The van der Waals surface area contributed by atoms with Gasteiger partial charge in [0.1, 0.15) is 0 Å². The second-order valence-electron chi connectivity index (χ2n) is 6.56. The van der Waals surface area contributed by atoms with Gasteiger partial charge in [0, 0.05) is 18.3 Å². The van der Waals surface area contributed by atoms with E-state index < -0.39 is 10.0 Å². The third-order valence-electron chi connectivity index (χ3n) is 4.60. The number of aryl methyl sites for hydroxylation is 2. The van der Waals surface area contributed by atoms with E-state index in [1.165, 1.54) is 23.5 Å². The zero-order chi connectivity index (χ0) is 20.3. The van der Waals surface area contributed by atoms with Crippen LogP contribution in [0.5, 0.6) is 0 Å². The third-order valence-corrected chi connectivity index (χ3v) is 6.37. The molecule has 6 heteroatoms. The Labute approximate surface area is 165 Å². The molecule has 0 saturated carbocycles. The van der Waals surface area contributed by atoms with Crippen molar-refractivity contribution in [3.63, 3.8) is 0 Å². The molecular formula is C22H22N2O3S. The molecule has 144 valence electrons. The van der Waals surface area contributed by atoms with Crippen molar-refractivity contribution in [3.8, 4) is 0 Å². The van der Waals surface area contributed by atoms with Crippen LogP contribution in [0, 0.1) is 13.8 Å². The molecule has 1 amide bonds. The number of rotatable bonds is 5. The molecule has 3 aromatic rings. The molecule has 3 aromatic carbocycles. The maximum Gasteiger partial charge on any atom is 0.264 e. The lowest BCUT2D eigenvalue weighted by molar-refractivity contribution is 0.102. The molecule has 0 fully saturated rings. The highest BCUT2D eigenvalue weighted by Crippen LogP contribution is 2.25. The van der Waals surface area contributed by atoms with E-state index in [4.69, 9.17) is 0 Å². The summed E-state index contributed by atoms with van der Waals surface area (Å²) in [5.74, 6) is -0.357. The average Bonchev–Trinajstić information content (AvgIpc) is 2.69. The van der Waals surface area contributed by atoms with E-state index >= 15 is 0 Å². The lowest BCUT2D eigenvalue weighted by Crippen LogP contribution is -2.27. The Kier molecular flexibility index (Phi) is 5.51. The van der Waals surface area contributed by atoms with Crippen molar-refractivity contribution < 1.29 is 13.2 Å². The van der Waals surface area contributed by atoms with Gasteiger partial charge in [-0.1, -0.05) is 42.5 Å². The first-order valence-corrected chi connectivity index (χ1v) is 10.3. The first-order chi connectivity index (χ1) is 13.3. The van der Waals surface area contributed by atoms with Gasteiger partial charge in [0.2, 0.25) is 0 Å². The van der Waals surface area contributed by atoms with Crippen molar-refractivity contribution in [1.29, 1.82) is 0 Å². The fourth-order valence-corrected chi connectivity index (χ4v) is 4.22. The Balaban J connectivity index is 1.91. The fraction of sp³-hybridized carbons (Fsp3) is 0.136. The summed E-state index contributed by atoms with van der Waals surface area (Å²) in [6.07, 6.45) is 0. The van der Waals surface area contributed by atoms with E-state index in [0.717, 1.165) is 11.1 Å². The van der Waals surface area contributed by atoms with Gasteiger partial charge in [-0.2, -0.15) is 0 Å². The van der Waals surface area contributed by atoms with Crippen LogP contribution in [0.1, 0.15) is 21.5 Å². The minimum Gasteiger partial charge on any atom is -0.322 e. The fourth-order valence-electron chi connectivity index (χ4n) is 2.91. The number of anilines is 2. The molecule has 0 atom stereocenters. The zero-order valence-corrected chi connectivity index (χ0v) is 16.8. The Bertz CT molecular complexity index is 1120. The van der Waals surface area contributed by atoms with Crippen LogP contribution < -0.4 is 9.62 Å². The van der Waals surface area contributed by atoms with Crippen LogP contribution in [-0.2, 0) is 10.0 Å². The van der Waals surface area contributed by atoms with Crippen LogP contribution in [0.15, 0.2) is 77.7 Å². The Morgan fingerprint density at radius 3 is 2.18 bits per heavy atom. The molecule has 0 spiro atoms. The maximum atomic E-state index is 13.1. The van der Waals surface area contributed by atoms with Crippen LogP contribution in [0.2, 0.25) is 0 Å². The maximum absolute atomic E-state index is 13.1. The quantitative estimate of drug-likeness (QED) is 0.698. The van der Waals surface area contributed by atoms with Gasteiger partial charge in [-0.3, -0.25) is 9.10 Å². The molecule has 3 rings (SSSR count). The monoisotopic (exact) mass is 394 g/mol. The van der Waals surface area contributed by atoms with E-state index in [2.05, 4.69) is 5.32 Å². The number of hydrogen-bond acceptors (Lipinski definition) is 3. The van der Waals surface area contributed by atoms with Crippen LogP contribution in [0.3, 0.4) is 0 Å². The van der Waals surface area contributed by atoms with Gasteiger partial charge in [-0.05, 0) is 55.3 Å². The van der Waals surface area contributed by atoms with E-state index in [0.29, 0.717) is 11.4 Å². The predicted molar refractivity (Wildman–Crippen MR) is 112 cm³/mol. The van der Waals surface area contributed by atoms with Crippen LogP contribution >= 0.6 is 0 Å². The molecule has 0 aliphatic carbocycles. The molecule has 5 nitrogen and oxygen atoms in total. The van der Waals surface area contributed by atoms with Crippen molar-refractivity contribution in [2.45, 2.75) is 18.7 Å². The highest BCUT2D eigenvalue weighted by Gasteiger charge is 2.23. The summed E-state index contributed by atoms with van der Waals surface area (Å²) in [4.78, 5) is 12.7. The lowest BCUT2D eigenvalue weighted by Gasteiger charge is -2.21. The molecule has 0 saturated heterocycles. The summed E-state index contributed by atoms with van der Waals surface area (Å²) in [7, 11) is -2.29. The molecule has 0 aromatic heterocycles. The highest BCUT2D eigenvalue weighted by molar-refractivity contribution is 7.92. The lowest BCUT2D eigenvalue weighted by atomic mass is 10.1. The topological polar surface area (TPSA) is 66.5 Å². The Hall–Kier alpha value is -3.12. The number of nitrogens with one attached hydrogen (secondary N) is 1. The minimum absolute atomic E-state index is 0.0655. The van der Waals surface area contributed by atoms with Crippen LogP contribution in [0.4, 0.5) is 11.4 Å². The normalized spacial score (nSPS) is 11.1.